The van der Waals surface area contributed by atoms with Crippen LogP contribution >= 0.6 is 0 Å². The summed E-state index contributed by atoms with van der Waals surface area (Å²) in [7, 11) is 1.20. The Labute approximate surface area is 114 Å². The van der Waals surface area contributed by atoms with Gasteiger partial charge in [-0.2, -0.15) is 0 Å². The molecule has 0 saturated heterocycles. The van der Waals surface area contributed by atoms with E-state index < -0.39 is 24.1 Å². The number of hydrogen-bond acceptors (Lipinski definition) is 4. The number of rotatable bonds is 2. The van der Waals surface area contributed by atoms with Crippen molar-refractivity contribution < 1.29 is 19.4 Å². The Morgan fingerprint density at radius 1 is 1.45 bits per heavy atom. The number of methoxy groups -OCH3 is 1. The maximum Gasteiger partial charge on any atom is 0.408 e. The number of carbonyl (C=O) groups is 2. The molecule has 2 rings (SSSR count). The Morgan fingerprint density at radius 2 is 2.10 bits per heavy atom. The summed E-state index contributed by atoms with van der Waals surface area (Å²) in [4.78, 5) is 26.9. The van der Waals surface area contributed by atoms with Crippen LogP contribution in [0.4, 0.5) is 4.79 Å². The van der Waals surface area contributed by atoms with Gasteiger partial charge in [-0.3, -0.25) is 4.90 Å². The third kappa shape index (κ3) is 2.24. The summed E-state index contributed by atoms with van der Waals surface area (Å²) in [6.07, 6.45) is -1.27. The lowest BCUT2D eigenvalue weighted by Crippen LogP contribution is -2.44. The smallest absolute Gasteiger partial charge is 0.408 e. The number of nitrogens with zero attached hydrogens (tertiary/aromatic N) is 4. The zero-order valence-electron chi connectivity index (χ0n) is 10.6. The van der Waals surface area contributed by atoms with Crippen LogP contribution in [0.15, 0.2) is 29.4 Å². The number of esters is 1. The van der Waals surface area contributed by atoms with Crippen molar-refractivity contribution in [1.29, 1.82) is 0 Å². The molecule has 0 unspecified atom stereocenters. The number of azide groups is 1. The molecular weight excluding hydrogens is 264 g/mol. The van der Waals surface area contributed by atoms with Crippen LogP contribution in [0.1, 0.15) is 23.2 Å². The molecular formula is C12H12N4O4. The first-order chi connectivity index (χ1) is 9.60. The first-order valence-electron chi connectivity index (χ1n) is 5.80. The number of carbonyl (C=O) groups excluding carboxylic acids is 1. The summed E-state index contributed by atoms with van der Waals surface area (Å²) in [5, 5.41) is 12.8. The molecule has 1 aliphatic rings. The number of fused-ring (bicyclic) bond motifs is 1. The van der Waals surface area contributed by atoms with Crippen molar-refractivity contribution >= 4 is 12.1 Å². The van der Waals surface area contributed by atoms with Crippen molar-refractivity contribution in [2.45, 2.75) is 12.1 Å². The molecule has 1 aromatic carbocycles. The molecule has 0 radical (unpaired) electrons. The minimum atomic E-state index is -1.27. The van der Waals surface area contributed by atoms with Gasteiger partial charge in [0.25, 0.3) is 0 Å². The molecule has 0 aliphatic carbocycles. The van der Waals surface area contributed by atoms with Crippen molar-refractivity contribution in [3.05, 3.63) is 45.8 Å². The number of carboxylic acid groups (broad SMARTS) is 1. The summed E-state index contributed by atoms with van der Waals surface area (Å²) in [5.74, 6) is -0.667. The van der Waals surface area contributed by atoms with Crippen LogP contribution in [0.25, 0.3) is 10.4 Å². The van der Waals surface area contributed by atoms with Crippen molar-refractivity contribution in [3.63, 3.8) is 0 Å². The molecule has 104 valence electrons. The topological polar surface area (TPSA) is 116 Å². The predicted molar refractivity (Wildman–Crippen MR) is 67.8 cm³/mol. The van der Waals surface area contributed by atoms with Gasteiger partial charge in [-0.1, -0.05) is 29.4 Å². The summed E-state index contributed by atoms with van der Waals surface area (Å²) in [6.45, 7) is -0.0871. The molecule has 1 heterocycles. The minimum absolute atomic E-state index is 0.0871. The molecule has 8 nitrogen and oxygen atoms in total. The third-order valence-electron chi connectivity index (χ3n) is 3.19. The molecule has 1 aliphatic heterocycles. The molecule has 20 heavy (non-hydrogen) atoms. The van der Waals surface area contributed by atoms with E-state index in [9.17, 15) is 14.7 Å². The van der Waals surface area contributed by atoms with Crippen molar-refractivity contribution in [1.82, 2.24) is 4.90 Å². The number of benzene rings is 1. The second kappa shape index (κ2) is 5.50. The van der Waals surface area contributed by atoms with Gasteiger partial charge in [-0.15, -0.1) is 0 Å². The van der Waals surface area contributed by atoms with E-state index in [-0.39, 0.29) is 6.54 Å². The van der Waals surface area contributed by atoms with Crippen LogP contribution in [-0.2, 0) is 9.53 Å². The first kappa shape index (κ1) is 13.7. The fourth-order valence-corrected chi connectivity index (χ4v) is 2.34. The van der Waals surface area contributed by atoms with Crippen LogP contribution in [0.5, 0.6) is 0 Å². The quantitative estimate of drug-likeness (QED) is 0.386. The van der Waals surface area contributed by atoms with E-state index >= 15 is 0 Å². The monoisotopic (exact) mass is 276 g/mol. The highest BCUT2D eigenvalue weighted by Gasteiger charge is 2.40. The number of amides is 1. The lowest BCUT2D eigenvalue weighted by atomic mass is 9.90. The normalized spacial score (nSPS) is 20.6. The van der Waals surface area contributed by atoms with Gasteiger partial charge in [0.2, 0.25) is 0 Å². The lowest BCUT2D eigenvalue weighted by Gasteiger charge is -2.36. The summed E-state index contributed by atoms with van der Waals surface area (Å²) in [6, 6.07) is 5.07. The molecule has 1 N–H and O–H groups in total. The SMILES string of the molecule is COC(=O)[C@H]1c2ccccc2[C@H](N=[N+]=[N-])CN1C(=O)O. The van der Waals surface area contributed by atoms with E-state index in [0.29, 0.717) is 11.1 Å². The highest BCUT2D eigenvalue weighted by molar-refractivity contribution is 5.83. The van der Waals surface area contributed by atoms with Gasteiger partial charge in [0.1, 0.15) is 0 Å². The van der Waals surface area contributed by atoms with E-state index in [2.05, 4.69) is 14.8 Å². The Morgan fingerprint density at radius 3 is 2.65 bits per heavy atom. The van der Waals surface area contributed by atoms with Crippen LogP contribution in [0, 0.1) is 0 Å². The van der Waals surface area contributed by atoms with Crippen LogP contribution in [0.3, 0.4) is 0 Å². The van der Waals surface area contributed by atoms with Gasteiger partial charge in [0, 0.05) is 11.5 Å². The minimum Gasteiger partial charge on any atom is -0.467 e. The van der Waals surface area contributed by atoms with Gasteiger partial charge in [0.05, 0.1) is 13.2 Å². The molecule has 0 bridgehead atoms. The Kier molecular flexibility index (Phi) is 3.76. The fraction of sp³-hybridized carbons (Fsp3) is 0.333. The fourth-order valence-electron chi connectivity index (χ4n) is 2.34. The van der Waals surface area contributed by atoms with Gasteiger partial charge in [-0.05, 0) is 16.7 Å². The molecule has 0 fully saturated rings. The lowest BCUT2D eigenvalue weighted by molar-refractivity contribution is -0.147. The van der Waals surface area contributed by atoms with Crippen LogP contribution < -0.4 is 0 Å². The average molecular weight is 276 g/mol. The molecule has 8 heteroatoms. The van der Waals surface area contributed by atoms with Crippen molar-refractivity contribution in [3.8, 4) is 0 Å². The predicted octanol–water partition coefficient (Wildman–Crippen LogP) is 2.25. The van der Waals surface area contributed by atoms with E-state index in [1.54, 1.807) is 24.3 Å². The molecule has 0 aromatic heterocycles. The van der Waals surface area contributed by atoms with E-state index in [1.807, 2.05) is 0 Å². The third-order valence-corrected chi connectivity index (χ3v) is 3.19. The maximum absolute atomic E-state index is 11.9. The number of hydrogen-bond donors (Lipinski definition) is 1. The Hall–Kier alpha value is -2.73. The van der Waals surface area contributed by atoms with E-state index in [4.69, 9.17) is 5.53 Å². The summed E-state index contributed by atoms with van der Waals surface area (Å²) < 4.78 is 4.67. The average Bonchev–Trinajstić information content (AvgIpc) is 2.46. The highest BCUT2D eigenvalue weighted by atomic mass is 16.5. The number of ether oxygens (including phenoxy) is 1. The standard InChI is InChI=1S/C12H12N4O4/c1-20-11(17)10-8-5-3-2-4-7(8)9(14-15-13)6-16(10)12(18)19/h2-5,9-10H,6H2,1H3,(H,18,19)/t9-,10-/m1/s1. The van der Waals surface area contributed by atoms with Gasteiger partial charge < -0.3 is 9.84 Å². The Balaban J connectivity index is 2.58. The van der Waals surface area contributed by atoms with Gasteiger partial charge in [0.15, 0.2) is 6.04 Å². The van der Waals surface area contributed by atoms with Gasteiger partial charge >= 0.3 is 12.1 Å². The highest BCUT2D eigenvalue weighted by Crippen LogP contribution is 2.37. The zero-order valence-corrected chi connectivity index (χ0v) is 10.6. The van der Waals surface area contributed by atoms with E-state index in [1.165, 1.54) is 7.11 Å². The first-order valence-corrected chi connectivity index (χ1v) is 5.80. The van der Waals surface area contributed by atoms with Gasteiger partial charge in [-0.25, -0.2) is 9.59 Å². The van der Waals surface area contributed by atoms with Crippen molar-refractivity contribution in [2.24, 2.45) is 5.11 Å². The largest absolute Gasteiger partial charge is 0.467 e. The van der Waals surface area contributed by atoms with Crippen LogP contribution in [-0.4, -0.2) is 35.7 Å². The maximum atomic E-state index is 11.9. The summed E-state index contributed by atoms with van der Waals surface area (Å²) >= 11 is 0. The second-order valence-electron chi connectivity index (χ2n) is 4.21. The molecule has 1 aromatic rings. The molecule has 2 atom stereocenters. The Bertz CT molecular complexity index is 597. The van der Waals surface area contributed by atoms with E-state index in [0.717, 1.165) is 4.90 Å². The van der Waals surface area contributed by atoms with Crippen LogP contribution in [0.2, 0.25) is 0 Å². The summed E-state index contributed by atoms with van der Waals surface area (Å²) in [5.41, 5.74) is 9.71. The zero-order chi connectivity index (χ0) is 14.7. The van der Waals surface area contributed by atoms with Crippen molar-refractivity contribution in [2.75, 3.05) is 13.7 Å². The molecule has 1 amide bonds. The second-order valence-corrected chi connectivity index (χ2v) is 4.21. The molecule has 0 saturated carbocycles. The molecule has 0 spiro atoms.